The molecule has 0 aliphatic rings. The monoisotopic (exact) mass is 446 g/mol. The van der Waals surface area contributed by atoms with Crippen molar-refractivity contribution in [2.24, 2.45) is 0 Å². The van der Waals surface area contributed by atoms with Gasteiger partial charge in [-0.05, 0) is 62.7 Å². The van der Waals surface area contributed by atoms with Crippen molar-refractivity contribution in [2.45, 2.75) is 26.8 Å². The van der Waals surface area contributed by atoms with Crippen molar-refractivity contribution in [3.8, 4) is 0 Å². The molecule has 0 saturated heterocycles. The minimum Gasteiger partial charge on any atom is -0.346 e. The van der Waals surface area contributed by atoms with E-state index in [9.17, 15) is 14.4 Å². The Bertz CT molecular complexity index is 1150. The van der Waals surface area contributed by atoms with E-state index in [0.29, 0.717) is 26.6 Å². The maximum atomic E-state index is 13.0. The molecule has 9 heteroatoms. The second-order valence-electron chi connectivity index (χ2n) is 7.06. The molecule has 0 saturated carbocycles. The molecule has 0 radical (unpaired) electrons. The van der Waals surface area contributed by atoms with Gasteiger partial charge in [-0.3, -0.25) is 19.8 Å². The second kappa shape index (κ2) is 8.77. The molecule has 0 bridgehead atoms. The number of aryl methyl sites for hydroxylation is 1. The summed E-state index contributed by atoms with van der Waals surface area (Å²) >= 11 is 12.2. The van der Waals surface area contributed by atoms with Crippen molar-refractivity contribution in [1.82, 2.24) is 9.99 Å². The number of nitrogens with zero attached hydrogens (tertiary/aromatic N) is 1. The minimum atomic E-state index is -0.899. The van der Waals surface area contributed by atoms with Gasteiger partial charge in [0.05, 0.1) is 5.52 Å². The molecule has 30 heavy (non-hydrogen) atoms. The van der Waals surface area contributed by atoms with Crippen molar-refractivity contribution in [1.29, 1.82) is 0 Å². The van der Waals surface area contributed by atoms with Crippen molar-refractivity contribution < 1.29 is 14.4 Å². The van der Waals surface area contributed by atoms with Crippen LogP contribution in [-0.4, -0.2) is 28.4 Å². The number of aromatic nitrogens is 1. The van der Waals surface area contributed by atoms with Crippen LogP contribution in [0.25, 0.3) is 10.9 Å². The Hall–Kier alpha value is -3.03. The Kier molecular flexibility index (Phi) is 6.34. The Labute approximate surface area is 183 Å². The third kappa shape index (κ3) is 4.75. The van der Waals surface area contributed by atoms with Gasteiger partial charge < -0.3 is 10.6 Å². The average molecular weight is 447 g/mol. The molecule has 3 amide bonds. The van der Waals surface area contributed by atoms with E-state index in [1.165, 1.54) is 4.68 Å². The number of anilines is 1. The first-order valence-corrected chi connectivity index (χ1v) is 9.91. The number of amides is 3. The number of carbonyl (C=O) groups is 3. The normalized spacial score (nSPS) is 10.9. The van der Waals surface area contributed by atoms with E-state index in [2.05, 4.69) is 16.1 Å². The predicted octanol–water partition coefficient (Wildman–Crippen LogP) is 4.10. The van der Waals surface area contributed by atoms with Crippen molar-refractivity contribution >= 4 is 57.5 Å². The molecule has 3 rings (SSSR count). The van der Waals surface area contributed by atoms with E-state index in [0.717, 1.165) is 5.56 Å². The summed E-state index contributed by atoms with van der Waals surface area (Å²) in [5.41, 5.74) is 4.48. The van der Waals surface area contributed by atoms with Gasteiger partial charge in [0.25, 0.3) is 5.91 Å². The third-order valence-electron chi connectivity index (χ3n) is 4.27. The molecule has 0 atom stereocenters. The number of halogens is 2. The lowest BCUT2D eigenvalue weighted by Crippen LogP contribution is -2.42. The summed E-state index contributed by atoms with van der Waals surface area (Å²) in [5.74, 6) is -2.20. The number of nitrogens with one attached hydrogen (secondary N) is 3. The van der Waals surface area contributed by atoms with Gasteiger partial charge in [-0.25, -0.2) is 4.68 Å². The van der Waals surface area contributed by atoms with Gasteiger partial charge in [0.15, 0.2) is 0 Å². The van der Waals surface area contributed by atoms with Gasteiger partial charge in [-0.15, -0.1) is 0 Å². The number of rotatable bonds is 4. The number of fused-ring (bicyclic) bond motifs is 1. The highest BCUT2D eigenvalue weighted by molar-refractivity contribution is 6.38. The van der Waals surface area contributed by atoms with Crippen LogP contribution in [-0.2, 0) is 9.59 Å². The first kappa shape index (κ1) is 21.7. The van der Waals surface area contributed by atoms with Gasteiger partial charge in [0.2, 0.25) is 0 Å². The third-order valence-corrected chi connectivity index (χ3v) is 4.91. The predicted molar refractivity (Wildman–Crippen MR) is 119 cm³/mol. The second-order valence-corrected chi connectivity index (χ2v) is 7.90. The zero-order valence-corrected chi connectivity index (χ0v) is 18.1. The van der Waals surface area contributed by atoms with Crippen molar-refractivity contribution in [3.63, 3.8) is 0 Å². The maximum Gasteiger partial charge on any atom is 0.328 e. The number of benzene rings is 2. The summed E-state index contributed by atoms with van der Waals surface area (Å²) < 4.78 is 1.26. The highest BCUT2D eigenvalue weighted by Gasteiger charge is 2.21. The molecule has 0 spiro atoms. The Morgan fingerprint density at radius 3 is 2.37 bits per heavy atom. The fraction of sp³-hybridized carbons (Fsp3) is 0.190. The van der Waals surface area contributed by atoms with Gasteiger partial charge in [-0.1, -0.05) is 29.3 Å². The first-order valence-electron chi connectivity index (χ1n) is 9.16. The molecule has 156 valence electrons. The molecule has 1 aromatic heterocycles. The Balaban J connectivity index is 1.97. The fourth-order valence-corrected chi connectivity index (χ4v) is 3.18. The molecule has 7 nitrogen and oxygen atoms in total. The van der Waals surface area contributed by atoms with E-state index in [4.69, 9.17) is 23.2 Å². The lowest BCUT2D eigenvalue weighted by Gasteiger charge is -2.14. The molecular formula is C21H20Cl2N4O3. The summed E-state index contributed by atoms with van der Waals surface area (Å²) in [6, 6.07) is 11.4. The van der Waals surface area contributed by atoms with E-state index in [-0.39, 0.29) is 11.7 Å². The lowest BCUT2D eigenvalue weighted by molar-refractivity contribution is -0.137. The maximum absolute atomic E-state index is 13.0. The van der Waals surface area contributed by atoms with Gasteiger partial charge in [-0.2, -0.15) is 0 Å². The van der Waals surface area contributed by atoms with E-state index < -0.39 is 17.7 Å². The summed E-state index contributed by atoms with van der Waals surface area (Å²) in [7, 11) is 0. The average Bonchev–Trinajstić information content (AvgIpc) is 3.01. The Morgan fingerprint density at radius 1 is 0.967 bits per heavy atom. The minimum absolute atomic E-state index is 0.120. The molecule has 1 heterocycles. The van der Waals surface area contributed by atoms with Crippen molar-refractivity contribution in [2.75, 3.05) is 10.7 Å². The zero-order valence-electron chi connectivity index (χ0n) is 16.5. The number of carbonyl (C=O) groups excluding carboxylic acids is 3. The van der Waals surface area contributed by atoms with Crippen LogP contribution >= 0.6 is 23.2 Å². The van der Waals surface area contributed by atoms with Crippen LogP contribution in [0.4, 0.5) is 5.69 Å². The number of hydrogen-bond acceptors (Lipinski definition) is 3. The van der Waals surface area contributed by atoms with Crippen LogP contribution in [0.2, 0.25) is 10.0 Å². The molecule has 0 unspecified atom stereocenters. The summed E-state index contributed by atoms with van der Waals surface area (Å²) in [6.45, 7) is 5.33. The largest absolute Gasteiger partial charge is 0.346 e. The standard InChI is InChI=1S/C21H20Cl2N4O3/c1-11(2)24-20(29)21(30)26-27-17-7-5-14(22)8-13(17)9-18(27)19(28)25-15-6-4-12(3)16(23)10-15/h4-11H,1-3H3,(H,24,29)(H,25,28)(H,26,30). The van der Waals surface area contributed by atoms with E-state index in [1.807, 2.05) is 6.92 Å². The smallest absolute Gasteiger partial charge is 0.328 e. The Morgan fingerprint density at radius 2 is 1.70 bits per heavy atom. The SMILES string of the molecule is Cc1ccc(NC(=O)c2cc3cc(Cl)ccc3n2NC(=O)C(=O)NC(C)C)cc1Cl. The molecule has 3 aromatic rings. The molecule has 0 aliphatic carbocycles. The summed E-state index contributed by atoms with van der Waals surface area (Å²) in [4.78, 5) is 37.3. The van der Waals surface area contributed by atoms with Crippen LogP contribution < -0.4 is 16.1 Å². The topological polar surface area (TPSA) is 92.2 Å². The highest BCUT2D eigenvalue weighted by Crippen LogP contribution is 2.25. The van der Waals surface area contributed by atoms with Gasteiger partial charge >= 0.3 is 11.8 Å². The number of hydrogen-bond donors (Lipinski definition) is 3. The molecule has 3 N–H and O–H groups in total. The molecule has 0 aliphatic heterocycles. The zero-order chi connectivity index (χ0) is 22.0. The fourth-order valence-electron chi connectivity index (χ4n) is 2.82. The first-order chi connectivity index (χ1) is 14.2. The van der Waals surface area contributed by atoms with Crippen LogP contribution in [0.15, 0.2) is 42.5 Å². The van der Waals surface area contributed by atoms with Crippen LogP contribution in [0.5, 0.6) is 0 Å². The summed E-state index contributed by atoms with van der Waals surface area (Å²) in [5, 5.41) is 6.87. The van der Waals surface area contributed by atoms with Crippen LogP contribution in [0.1, 0.15) is 29.9 Å². The van der Waals surface area contributed by atoms with Crippen LogP contribution in [0.3, 0.4) is 0 Å². The van der Waals surface area contributed by atoms with Crippen molar-refractivity contribution in [3.05, 3.63) is 63.8 Å². The molecular weight excluding hydrogens is 427 g/mol. The van der Waals surface area contributed by atoms with Crippen LogP contribution in [0, 0.1) is 6.92 Å². The molecule has 2 aromatic carbocycles. The highest BCUT2D eigenvalue weighted by atomic mass is 35.5. The summed E-state index contributed by atoms with van der Waals surface area (Å²) in [6.07, 6.45) is 0. The molecule has 0 fully saturated rings. The van der Waals surface area contributed by atoms with Gasteiger partial charge in [0.1, 0.15) is 5.69 Å². The lowest BCUT2D eigenvalue weighted by atomic mass is 10.2. The van der Waals surface area contributed by atoms with Gasteiger partial charge in [0, 0.05) is 27.2 Å². The van der Waals surface area contributed by atoms with E-state index in [1.54, 1.807) is 56.3 Å². The quantitative estimate of drug-likeness (QED) is 0.526. The van der Waals surface area contributed by atoms with E-state index >= 15 is 0 Å².